The number of halogens is 1. The molecule has 4 nitrogen and oxygen atoms in total. The molecule has 0 amide bonds. The molecule has 0 aliphatic heterocycles. The van der Waals surface area contributed by atoms with Gasteiger partial charge in [-0.15, -0.1) is 0 Å². The van der Waals surface area contributed by atoms with Gasteiger partial charge in [-0.05, 0) is 24.5 Å². The Hall–Kier alpha value is -0.945. The van der Waals surface area contributed by atoms with Crippen LogP contribution in [0.25, 0.3) is 0 Å². The quantitative estimate of drug-likeness (QED) is 0.671. The largest absolute Gasteiger partial charge is 0.491 e. The van der Waals surface area contributed by atoms with Gasteiger partial charge in [0.25, 0.3) is 0 Å². The Morgan fingerprint density at radius 2 is 1.95 bits per heavy atom. The number of methoxy groups -OCH3 is 1. The molecule has 0 bridgehead atoms. The summed E-state index contributed by atoms with van der Waals surface area (Å²) < 4.78 is 18.6. The third-order valence-electron chi connectivity index (χ3n) is 3.77. The second-order valence-electron chi connectivity index (χ2n) is 5.16. The summed E-state index contributed by atoms with van der Waals surface area (Å²) in [5.41, 5.74) is 0.784. The second kappa shape index (κ2) is 9.15. The van der Waals surface area contributed by atoms with Gasteiger partial charge in [0, 0.05) is 31.7 Å². The first-order valence-electron chi connectivity index (χ1n) is 7.40. The van der Waals surface area contributed by atoms with Gasteiger partial charge in [-0.25, -0.2) is 4.39 Å². The maximum atomic E-state index is 13.5. The number of rotatable bonds is 9. The molecule has 0 unspecified atom stereocenters. The van der Waals surface area contributed by atoms with Crippen molar-refractivity contribution in [2.45, 2.75) is 39.3 Å². The Labute approximate surface area is 126 Å². The molecule has 6 heteroatoms. The Morgan fingerprint density at radius 3 is 2.48 bits per heavy atom. The van der Waals surface area contributed by atoms with Crippen LogP contribution in [0.5, 0.6) is 0 Å². The van der Waals surface area contributed by atoms with Gasteiger partial charge in [0.05, 0.1) is 6.61 Å². The highest BCUT2D eigenvalue weighted by Crippen LogP contribution is 2.13. The van der Waals surface area contributed by atoms with Crippen LogP contribution in [0, 0.1) is 5.82 Å². The van der Waals surface area contributed by atoms with E-state index in [0.717, 1.165) is 24.9 Å². The molecule has 0 aliphatic rings. The van der Waals surface area contributed by atoms with E-state index in [9.17, 15) is 14.4 Å². The number of hydrogen-bond acceptors (Lipinski definition) is 4. The normalized spacial score (nSPS) is 11.4. The highest BCUT2D eigenvalue weighted by atomic mass is 19.1. The van der Waals surface area contributed by atoms with E-state index in [-0.39, 0.29) is 5.46 Å². The maximum absolute atomic E-state index is 13.5. The summed E-state index contributed by atoms with van der Waals surface area (Å²) in [6.07, 6.45) is 2.05. The lowest BCUT2D eigenvalue weighted by atomic mass is 9.79. The van der Waals surface area contributed by atoms with Crippen molar-refractivity contribution in [3.05, 3.63) is 29.6 Å². The van der Waals surface area contributed by atoms with E-state index in [0.29, 0.717) is 19.2 Å². The zero-order valence-corrected chi connectivity index (χ0v) is 13.1. The molecule has 118 valence electrons. The van der Waals surface area contributed by atoms with Gasteiger partial charge >= 0.3 is 7.12 Å². The van der Waals surface area contributed by atoms with Crippen molar-refractivity contribution < 1.29 is 19.2 Å². The van der Waals surface area contributed by atoms with Crippen LogP contribution in [0.2, 0.25) is 0 Å². The molecule has 0 spiro atoms. The first-order chi connectivity index (χ1) is 10.0. The smallest absolute Gasteiger partial charge is 0.423 e. The Balaban J connectivity index is 2.89. The zero-order chi connectivity index (χ0) is 15.8. The van der Waals surface area contributed by atoms with E-state index in [1.165, 1.54) is 12.1 Å². The summed E-state index contributed by atoms with van der Waals surface area (Å²) in [6.45, 7) is 6.34. The second-order valence-corrected chi connectivity index (χ2v) is 5.16. The van der Waals surface area contributed by atoms with Crippen molar-refractivity contribution >= 4 is 12.6 Å². The minimum Gasteiger partial charge on any atom is -0.423 e. The SMILES string of the molecule is CCC(CC)N(CCOC)Cc1ccc(F)c(B(O)O)c1. The lowest BCUT2D eigenvalue weighted by Crippen LogP contribution is -2.37. The number of benzene rings is 1. The van der Waals surface area contributed by atoms with E-state index < -0.39 is 12.9 Å². The average Bonchev–Trinajstić information content (AvgIpc) is 2.47. The molecule has 21 heavy (non-hydrogen) atoms. The molecule has 0 saturated heterocycles. The Morgan fingerprint density at radius 1 is 1.29 bits per heavy atom. The lowest BCUT2D eigenvalue weighted by Gasteiger charge is -2.30. The van der Waals surface area contributed by atoms with E-state index in [1.807, 2.05) is 0 Å². The first kappa shape index (κ1) is 18.1. The molecule has 0 heterocycles. The molecule has 1 aromatic carbocycles. The standard InChI is InChI=1S/C15H25BFNO3/c1-4-13(5-2)18(8-9-21-3)11-12-6-7-15(17)14(10-12)16(19)20/h6-7,10,13,19-20H,4-5,8-9,11H2,1-3H3. The monoisotopic (exact) mass is 297 g/mol. The molecule has 0 saturated carbocycles. The van der Waals surface area contributed by atoms with Crippen LogP contribution < -0.4 is 5.46 Å². The van der Waals surface area contributed by atoms with Crippen molar-refractivity contribution in [2.24, 2.45) is 0 Å². The fourth-order valence-electron chi connectivity index (χ4n) is 2.53. The predicted octanol–water partition coefficient (Wildman–Crippen LogP) is 1.14. The lowest BCUT2D eigenvalue weighted by molar-refractivity contribution is 0.110. The summed E-state index contributed by atoms with van der Waals surface area (Å²) in [4.78, 5) is 2.28. The van der Waals surface area contributed by atoms with Gasteiger partial charge in [-0.2, -0.15) is 0 Å². The summed E-state index contributed by atoms with van der Waals surface area (Å²) in [7, 11) is -0.117. The highest BCUT2D eigenvalue weighted by Gasteiger charge is 2.19. The van der Waals surface area contributed by atoms with Crippen LogP contribution in [0.3, 0.4) is 0 Å². The molecule has 0 aromatic heterocycles. The topological polar surface area (TPSA) is 52.9 Å². The fraction of sp³-hybridized carbons (Fsp3) is 0.600. The third kappa shape index (κ3) is 5.39. The molecule has 0 atom stereocenters. The van der Waals surface area contributed by atoms with Crippen LogP contribution in [0.15, 0.2) is 18.2 Å². The minimum atomic E-state index is -1.79. The minimum absolute atomic E-state index is 0.0799. The van der Waals surface area contributed by atoms with Crippen LogP contribution in [0.4, 0.5) is 4.39 Å². The van der Waals surface area contributed by atoms with Crippen LogP contribution in [-0.4, -0.2) is 48.4 Å². The molecule has 0 aliphatic carbocycles. The molecule has 2 N–H and O–H groups in total. The number of ether oxygens (including phenoxy) is 1. The Bertz CT molecular complexity index is 427. The summed E-state index contributed by atoms with van der Waals surface area (Å²) in [6, 6.07) is 4.91. The Kier molecular flexibility index (Phi) is 7.89. The summed E-state index contributed by atoms with van der Waals surface area (Å²) in [5, 5.41) is 18.4. The molecule has 0 fully saturated rings. The molecular formula is C15H25BFNO3. The highest BCUT2D eigenvalue weighted by molar-refractivity contribution is 6.58. The van der Waals surface area contributed by atoms with Crippen LogP contribution >= 0.6 is 0 Å². The third-order valence-corrected chi connectivity index (χ3v) is 3.77. The van der Waals surface area contributed by atoms with Crippen molar-refractivity contribution in [3.63, 3.8) is 0 Å². The van der Waals surface area contributed by atoms with Gasteiger partial charge in [-0.1, -0.05) is 26.0 Å². The van der Waals surface area contributed by atoms with Gasteiger partial charge in [0.1, 0.15) is 5.82 Å². The predicted molar refractivity (Wildman–Crippen MR) is 82.9 cm³/mol. The van der Waals surface area contributed by atoms with Gasteiger partial charge in [-0.3, -0.25) is 4.90 Å². The molecular weight excluding hydrogens is 272 g/mol. The maximum Gasteiger partial charge on any atom is 0.491 e. The first-order valence-corrected chi connectivity index (χ1v) is 7.40. The van der Waals surface area contributed by atoms with Crippen molar-refractivity contribution in [1.82, 2.24) is 4.90 Å². The van der Waals surface area contributed by atoms with Crippen molar-refractivity contribution in [3.8, 4) is 0 Å². The number of hydrogen-bond donors (Lipinski definition) is 2. The van der Waals surface area contributed by atoms with E-state index in [1.54, 1.807) is 13.2 Å². The van der Waals surface area contributed by atoms with Crippen molar-refractivity contribution in [1.29, 1.82) is 0 Å². The van der Waals surface area contributed by atoms with Gasteiger partial charge in [0.15, 0.2) is 0 Å². The van der Waals surface area contributed by atoms with Crippen LogP contribution in [-0.2, 0) is 11.3 Å². The van der Waals surface area contributed by atoms with E-state index in [4.69, 9.17) is 4.74 Å². The van der Waals surface area contributed by atoms with Crippen LogP contribution in [0.1, 0.15) is 32.3 Å². The van der Waals surface area contributed by atoms with Gasteiger partial charge in [0.2, 0.25) is 0 Å². The number of nitrogens with zero attached hydrogens (tertiary/aromatic N) is 1. The fourth-order valence-corrected chi connectivity index (χ4v) is 2.53. The van der Waals surface area contributed by atoms with E-state index in [2.05, 4.69) is 18.7 Å². The molecule has 0 radical (unpaired) electrons. The molecule has 1 aromatic rings. The zero-order valence-electron chi connectivity index (χ0n) is 13.1. The summed E-state index contributed by atoms with van der Waals surface area (Å²) >= 11 is 0. The van der Waals surface area contributed by atoms with E-state index >= 15 is 0 Å². The molecule has 1 rings (SSSR count). The average molecular weight is 297 g/mol. The van der Waals surface area contributed by atoms with Gasteiger partial charge < -0.3 is 14.8 Å². The van der Waals surface area contributed by atoms with Crippen molar-refractivity contribution in [2.75, 3.05) is 20.3 Å². The summed E-state index contributed by atoms with van der Waals surface area (Å²) in [5.74, 6) is -0.597.